The lowest BCUT2D eigenvalue weighted by Gasteiger charge is -2.20. The highest BCUT2D eigenvalue weighted by molar-refractivity contribution is 5.78. The number of methoxy groups -OCH3 is 2. The Balaban J connectivity index is 2.61. The maximum atomic E-state index is 11.4. The Morgan fingerprint density at radius 1 is 1.17 bits per heavy atom. The summed E-state index contributed by atoms with van der Waals surface area (Å²) in [5, 5.41) is 0. The second-order valence-electron chi connectivity index (χ2n) is 4.20. The average molecular weight is 250 g/mol. The van der Waals surface area contributed by atoms with Crippen LogP contribution in [0.5, 0.6) is 5.75 Å². The largest absolute Gasteiger partial charge is 0.497 e. The Hall–Kier alpha value is -1.97. The van der Waals surface area contributed by atoms with Crippen molar-refractivity contribution in [3.63, 3.8) is 0 Å². The van der Waals surface area contributed by atoms with Crippen LogP contribution in [0, 0.1) is 0 Å². The second kappa shape index (κ2) is 6.10. The zero-order valence-corrected chi connectivity index (χ0v) is 11.1. The van der Waals surface area contributed by atoms with Crippen LogP contribution < -0.4 is 4.74 Å². The van der Waals surface area contributed by atoms with Gasteiger partial charge in [0.05, 0.1) is 20.5 Å². The summed E-state index contributed by atoms with van der Waals surface area (Å²) in [7, 11) is 2.95. The molecule has 0 aromatic heterocycles. The number of hydrogen-bond donors (Lipinski definition) is 0. The van der Waals surface area contributed by atoms with E-state index >= 15 is 0 Å². The molecule has 0 spiro atoms. The van der Waals surface area contributed by atoms with E-state index < -0.39 is 11.6 Å². The van der Waals surface area contributed by atoms with Gasteiger partial charge < -0.3 is 14.2 Å². The van der Waals surface area contributed by atoms with Crippen LogP contribution in [0.3, 0.4) is 0 Å². The summed E-state index contributed by atoms with van der Waals surface area (Å²) in [5.41, 5.74) is -0.0333. The standard InChI is InChI=1S/C14H18O4/c1-14(2,13(15)17-4)18-10-9-11-5-7-12(16-3)8-6-11/h5-10H,1-4H3. The van der Waals surface area contributed by atoms with Crippen molar-refractivity contribution in [3.8, 4) is 5.75 Å². The monoisotopic (exact) mass is 250 g/mol. The number of rotatable bonds is 5. The van der Waals surface area contributed by atoms with E-state index in [0.29, 0.717) is 0 Å². The van der Waals surface area contributed by atoms with E-state index in [1.807, 2.05) is 24.3 Å². The Morgan fingerprint density at radius 2 is 1.78 bits per heavy atom. The molecule has 0 aliphatic carbocycles. The van der Waals surface area contributed by atoms with Gasteiger partial charge in [0.2, 0.25) is 0 Å². The third-order valence-electron chi connectivity index (χ3n) is 2.42. The summed E-state index contributed by atoms with van der Waals surface area (Å²) < 4.78 is 15.0. The molecule has 4 nitrogen and oxygen atoms in total. The first-order chi connectivity index (χ1) is 8.49. The number of hydrogen-bond acceptors (Lipinski definition) is 4. The van der Waals surface area contributed by atoms with E-state index in [2.05, 4.69) is 4.74 Å². The molecule has 4 heteroatoms. The molecule has 1 aromatic rings. The van der Waals surface area contributed by atoms with Gasteiger partial charge in [0.25, 0.3) is 0 Å². The lowest BCUT2D eigenvalue weighted by Crippen LogP contribution is -2.34. The van der Waals surface area contributed by atoms with E-state index in [0.717, 1.165) is 11.3 Å². The van der Waals surface area contributed by atoms with Crippen LogP contribution in [0.15, 0.2) is 30.5 Å². The molecule has 0 saturated heterocycles. The molecule has 0 heterocycles. The quantitative estimate of drug-likeness (QED) is 0.595. The number of esters is 1. The minimum atomic E-state index is -0.988. The minimum Gasteiger partial charge on any atom is -0.497 e. The molecule has 0 fully saturated rings. The maximum Gasteiger partial charge on any atom is 0.349 e. The molecule has 0 unspecified atom stereocenters. The van der Waals surface area contributed by atoms with Gasteiger partial charge in [-0.15, -0.1) is 0 Å². The highest BCUT2D eigenvalue weighted by Crippen LogP contribution is 2.15. The summed E-state index contributed by atoms with van der Waals surface area (Å²) in [4.78, 5) is 11.4. The zero-order chi connectivity index (χ0) is 13.6. The van der Waals surface area contributed by atoms with E-state index in [1.165, 1.54) is 13.4 Å². The number of carbonyl (C=O) groups is 1. The van der Waals surface area contributed by atoms with Gasteiger partial charge in [0, 0.05) is 0 Å². The number of ether oxygens (including phenoxy) is 3. The van der Waals surface area contributed by atoms with Gasteiger partial charge in [0.1, 0.15) is 5.75 Å². The minimum absolute atomic E-state index is 0.415. The van der Waals surface area contributed by atoms with Crippen molar-refractivity contribution < 1.29 is 19.0 Å². The molecule has 0 radical (unpaired) electrons. The fourth-order valence-electron chi connectivity index (χ4n) is 1.29. The summed E-state index contributed by atoms with van der Waals surface area (Å²) in [6.07, 6.45) is 3.25. The van der Waals surface area contributed by atoms with Gasteiger partial charge >= 0.3 is 5.97 Å². The Morgan fingerprint density at radius 3 is 2.28 bits per heavy atom. The van der Waals surface area contributed by atoms with Crippen LogP contribution in [-0.4, -0.2) is 25.8 Å². The van der Waals surface area contributed by atoms with Gasteiger partial charge in [-0.1, -0.05) is 12.1 Å². The van der Waals surface area contributed by atoms with Crippen LogP contribution in [-0.2, 0) is 14.3 Å². The van der Waals surface area contributed by atoms with Gasteiger partial charge in [-0.05, 0) is 37.6 Å². The average Bonchev–Trinajstić information content (AvgIpc) is 2.38. The first-order valence-electron chi connectivity index (χ1n) is 5.56. The van der Waals surface area contributed by atoms with Crippen molar-refractivity contribution >= 4 is 12.0 Å². The van der Waals surface area contributed by atoms with Crippen molar-refractivity contribution in [2.45, 2.75) is 19.4 Å². The predicted octanol–water partition coefficient (Wildman–Crippen LogP) is 2.63. The summed E-state index contributed by atoms with van der Waals surface area (Å²) in [5.74, 6) is 0.379. The second-order valence-corrected chi connectivity index (χ2v) is 4.20. The van der Waals surface area contributed by atoms with Crippen molar-refractivity contribution in [2.24, 2.45) is 0 Å². The van der Waals surface area contributed by atoms with Gasteiger partial charge in [-0.25, -0.2) is 4.79 Å². The van der Waals surface area contributed by atoms with Crippen molar-refractivity contribution in [1.29, 1.82) is 0 Å². The van der Waals surface area contributed by atoms with E-state index in [1.54, 1.807) is 27.0 Å². The molecule has 0 aliphatic heterocycles. The Kier molecular flexibility index (Phi) is 4.77. The predicted molar refractivity (Wildman–Crippen MR) is 69.2 cm³/mol. The van der Waals surface area contributed by atoms with Crippen LogP contribution in [0.4, 0.5) is 0 Å². The van der Waals surface area contributed by atoms with Gasteiger partial charge in [0.15, 0.2) is 5.60 Å². The lowest BCUT2D eigenvalue weighted by molar-refractivity contribution is -0.159. The molecule has 0 saturated carbocycles. The molecule has 98 valence electrons. The smallest absolute Gasteiger partial charge is 0.349 e. The summed E-state index contributed by atoms with van der Waals surface area (Å²) in [6, 6.07) is 7.49. The molecule has 0 atom stereocenters. The van der Waals surface area contributed by atoms with E-state index in [-0.39, 0.29) is 0 Å². The van der Waals surface area contributed by atoms with E-state index in [4.69, 9.17) is 9.47 Å². The molecule has 0 aliphatic rings. The van der Waals surface area contributed by atoms with Gasteiger partial charge in [-0.2, -0.15) is 0 Å². The van der Waals surface area contributed by atoms with Crippen LogP contribution >= 0.6 is 0 Å². The van der Waals surface area contributed by atoms with Gasteiger partial charge in [-0.3, -0.25) is 0 Å². The van der Waals surface area contributed by atoms with Crippen LogP contribution in [0.1, 0.15) is 19.4 Å². The Bertz CT molecular complexity index is 418. The molecular weight excluding hydrogens is 232 g/mol. The molecule has 0 N–H and O–H groups in total. The van der Waals surface area contributed by atoms with Crippen molar-refractivity contribution in [3.05, 3.63) is 36.1 Å². The fraction of sp³-hybridized carbons (Fsp3) is 0.357. The summed E-state index contributed by atoms with van der Waals surface area (Å²) in [6.45, 7) is 3.30. The Labute approximate surface area is 107 Å². The highest BCUT2D eigenvalue weighted by Gasteiger charge is 2.29. The number of benzene rings is 1. The topological polar surface area (TPSA) is 44.8 Å². The maximum absolute atomic E-state index is 11.4. The fourth-order valence-corrected chi connectivity index (χ4v) is 1.29. The third-order valence-corrected chi connectivity index (χ3v) is 2.42. The molecule has 0 amide bonds. The lowest BCUT2D eigenvalue weighted by atomic mass is 10.1. The van der Waals surface area contributed by atoms with E-state index in [9.17, 15) is 4.79 Å². The molecular formula is C14H18O4. The molecule has 0 bridgehead atoms. The molecule has 1 aromatic carbocycles. The summed E-state index contributed by atoms with van der Waals surface area (Å²) >= 11 is 0. The molecule has 1 rings (SSSR count). The zero-order valence-electron chi connectivity index (χ0n) is 11.1. The third kappa shape index (κ3) is 3.80. The normalized spacial score (nSPS) is 11.3. The number of carbonyl (C=O) groups excluding carboxylic acids is 1. The van der Waals surface area contributed by atoms with Crippen molar-refractivity contribution in [1.82, 2.24) is 0 Å². The van der Waals surface area contributed by atoms with Crippen LogP contribution in [0.2, 0.25) is 0 Å². The van der Waals surface area contributed by atoms with Crippen LogP contribution in [0.25, 0.3) is 6.08 Å². The first kappa shape index (κ1) is 14.1. The highest BCUT2D eigenvalue weighted by atomic mass is 16.6. The SMILES string of the molecule is COC(=O)C(C)(C)OC=Cc1ccc(OC)cc1. The van der Waals surface area contributed by atoms with Crippen molar-refractivity contribution in [2.75, 3.05) is 14.2 Å². The first-order valence-corrected chi connectivity index (χ1v) is 5.56. The molecule has 18 heavy (non-hydrogen) atoms.